The molecule has 0 bridgehead atoms. The third kappa shape index (κ3) is 4.68. The monoisotopic (exact) mass is 438 g/mol. The van der Waals surface area contributed by atoms with E-state index in [9.17, 15) is 22.8 Å². The van der Waals surface area contributed by atoms with Crippen LogP contribution in [0, 0.1) is 0 Å². The van der Waals surface area contributed by atoms with E-state index in [1.54, 1.807) is 6.92 Å². The maximum absolute atomic E-state index is 13.0. The van der Waals surface area contributed by atoms with Crippen LogP contribution in [0.15, 0.2) is 29.8 Å². The summed E-state index contributed by atoms with van der Waals surface area (Å²) in [6, 6.07) is 3.38. The Hall–Kier alpha value is -3.61. The van der Waals surface area contributed by atoms with Gasteiger partial charge in [-0.25, -0.2) is 19.6 Å². The molecule has 2 amide bonds. The van der Waals surface area contributed by atoms with Crippen LogP contribution in [-0.4, -0.2) is 43.8 Å². The number of carbonyl (C=O) groups excluding carboxylic acids is 1. The van der Waals surface area contributed by atoms with Gasteiger partial charge in [0.2, 0.25) is 0 Å². The number of carbonyl (C=O) groups is 2. The molecular formula is C17H13F3N6O3S. The highest BCUT2D eigenvalue weighted by atomic mass is 32.1. The standard InChI is InChI=1S/C17H13F3N6O3S/c1-2-21-16(29)24-13-5-8(14-23-12(7-30-14)17(18,19)20)9(6-22-13)10-3-4-11(15(27)28)26-25-10/h3-7H,2H2,1H3,(H,27,28)(H2,21,22,24,29). The van der Waals surface area contributed by atoms with E-state index in [-0.39, 0.29) is 33.3 Å². The summed E-state index contributed by atoms with van der Waals surface area (Å²) in [4.78, 5) is 30.4. The summed E-state index contributed by atoms with van der Waals surface area (Å²) in [5.74, 6) is -1.19. The van der Waals surface area contributed by atoms with Crippen LogP contribution in [0.5, 0.6) is 0 Å². The molecule has 0 saturated carbocycles. The minimum Gasteiger partial charge on any atom is -0.476 e. The summed E-state index contributed by atoms with van der Waals surface area (Å²) >= 11 is 0.755. The second kappa shape index (κ2) is 8.41. The molecule has 0 spiro atoms. The number of aromatic carboxylic acids is 1. The summed E-state index contributed by atoms with van der Waals surface area (Å²) in [7, 11) is 0. The largest absolute Gasteiger partial charge is 0.476 e. The summed E-state index contributed by atoms with van der Waals surface area (Å²) < 4.78 is 39.0. The Balaban J connectivity index is 2.08. The molecule has 9 nitrogen and oxygen atoms in total. The van der Waals surface area contributed by atoms with Gasteiger partial charge in [-0.15, -0.1) is 21.5 Å². The van der Waals surface area contributed by atoms with Gasteiger partial charge >= 0.3 is 18.2 Å². The number of nitrogens with one attached hydrogen (secondary N) is 2. The van der Waals surface area contributed by atoms with Crippen LogP contribution in [0.4, 0.5) is 23.8 Å². The fraction of sp³-hybridized carbons (Fsp3) is 0.176. The SMILES string of the molecule is CCNC(=O)Nc1cc(-c2nc(C(F)(F)F)cs2)c(-c2ccc(C(=O)O)nn2)cn1. The van der Waals surface area contributed by atoms with Crippen molar-refractivity contribution in [2.75, 3.05) is 11.9 Å². The molecule has 13 heteroatoms. The number of amides is 2. The number of halogens is 3. The summed E-state index contributed by atoms with van der Waals surface area (Å²) in [6.45, 7) is 2.08. The predicted octanol–water partition coefficient (Wildman–Crippen LogP) is 3.52. The highest BCUT2D eigenvalue weighted by molar-refractivity contribution is 7.13. The fourth-order valence-electron chi connectivity index (χ4n) is 2.34. The molecule has 0 aromatic carbocycles. The lowest BCUT2D eigenvalue weighted by molar-refractivity contribution is -0.140. The van der Waals surface area contributed by atoms with Gasteiger partial charge < -0.3 is 10.4 Å². The average molecular weight is 438 g/mol. The van der Waals surface area contributed by atoms with Crippen molar-refractivity contribution in [2.24, 2.45) is 0 Å². The van der Waals surface area contributed by atoms with Crippen molar-refractivity contribution in [3.05, 3.63) is 41.2 Å². The number of rotatable bonds is 5. The third-order valence-corrected chi connectivity index (χ3v) is 4.54. The van der Waals surface area contributed by atoms with Crippen LogP contribution in [0.2, 0.25) is 0 Å². The highest BCUT2D eigenvalue weighted by Gasteiger charge is 2.34. The number of thiazole rings is 1. The molecule has 30 heavy (non-hydrogen) atoms. The van der Waals surface area contributed by atoms with Crippen molar-refractivity contribution in [1.29, 1.82) is 0 Å². The number of alkyl halides is 3. The first-order chi connectivity index (χ1) is 14.2. The van der Waals surface area contributed by atoms with E-state index in [1.807, 2.05) is 0 Å². The van der Waals surface area contributed by atoms with E-state index in [2.05, 4.69) is 30.8 Å². The van der Waals surface area contributed by atoms with Gasteiger partial charge in [-0.2, -0.15) is 13.2 Å². The molecule has 0 aliphatic rings. The first kappa shape index (κ1) is 21.1. The van der Waals surface area contributed by atoms with Crippen molar-refractivity contribution in [3.8, 4) is 21.8 Å². The van der Waals surface area contributed by atoms with Gasteiger partial charge in [0.1, 0.15) is 10.8 Å². The van der Waals surface area contributed by atoms with Gasteiger partial charge in [0.25, 0.3) is 0 Å². The third-order valence-electron chi connectivity index (χ3n) is 3.67. The minimum atomic E-state index is -4.62. The zero-order chi connectivity index (χ0) is 21.9. The molecule has 0 unspecified atom stereocenters. The molecule has 3 aromatic rings. The summed E-state index contributed by atoms with van der Waals surface area (Å²) in [5, 5.41) is 22.2. The first-order valence-electron chi connectivity index (χ1n) is 8.34. The van der Waals surface area contributed by atoms with Crippen LogP contribution < -0.4 is 10.6 Å². The number of hydrogen-bond donors (Lipinski definition) is 3. The van der Waals surface area contributed by atoms with E-state index in [1.165, 1.54) is 24.4 Å². The molecule has 0 aliphatic carbocycles. The highest BCUT2D eigenvalue weighted by Crippen LogP contribution is 2.37. The smallest absolute Gasteiger partial charge is 0.434 e. The Kier molecular flexibility index (Phi) is 5.91. The molecule has 0 fully saturated rings. The zero-order valence-electron chi connectivity index (χ0n) is 15.2. The first-order valence-corrected chi connectivity index (χ1v) is 9.22. The van der Waals surface area contributed by atoms with E-state index < -0.39 is 23.9 Å². The zero-order valence-corrected chi connectivity index (χ0v) is 16.0. The number of aromatic nitrogens is 4. The number of hydrogen-bond acceptors (Lipinski definition) is 7. The van der Waals surface area contributed by atoms with E-state index in [0.29, 0.717) is 6.54 Å². The summed E-state index contributed by atoms with van der Waals surface area (Å²) in [5.41, 5.74) is -0.693. The molecule has 156 valence electrons. The molecule has 3 N–H and O–H groups in total. The predicted molar refractivity (Wildman–Crippen MR) is 101 cm³/mol. The molecule has 0 atom stereocenters. The summed E-state index contributed by atoms with van der Waals surface area (Å²) in [6.07, 6.45) is -3.33. The average Bonchev–Trinajstić information content (AvgIpc) is 3.19. The quantitative estimate of drug-likeness (QED) is 0.556. The lowest BCUT2D eigenvalue weighted by Gasteiger charge is -2.10. The number of anilines is 1. The molecule has 3 rings (SSSR count). The van der Waals surface area contributed by atoms with Crippen LogP contribution in [-0.2, 0) is 6.18 Å². The number of urea groups is 1. The molecule has 0 radical (unpaired) electrons. The van der Waals surface area contributed by atoms with Crippen LogP contribution >= 0.6 is 11.3 Å². The van der Waals surface area contributed by atoms with Crippen molar-refractivity contribution in [2.45, 2.75) is 13.1 Å². The Bertz CT molecular complexity index is 1090. The van der Waals surface area contributed by atoms with Gasteiger partial charge in [-0.1, -0.05) is 0 Å². The van der Waals surface area contributed by atoms with Gasteiger partial charge in [-0.3, -0.25) is 5.32 Å². The number of carboxylic acids is 1. The number of carboxylic acid groups (broad SMARTS) is 1. The van der Waals surface area contributed by atoms with Crippen LogP contribution in [0.25, 0.3) is 21.8 Å². The van der Waals surface area contributed by atoms with Crippen molar-refractivity contribution >= 4 is 29.2 Å². The minimum absolute atomic E-state index is 0.0165. The Labute approximate surface area is 171 Å². The normalized spacial score (nSPS) is 11.2. The van der Waals surface area contributed by atoms with Gasteiger partial charge in [0, 0.05) is 29.2 Å². The lowest BCUT2D eigenvalue weighted by atomic mass is 10.1. The van der Waals surface area contributed by atoms with Crippen LogP contribution in [0.3, 0.4) is 0 Å². The Morgan fingerprint density at radius 2 is 1.97 bits per heavy atom. The van der Waals surface area contributed by atoms with Crippen molar-refractivity contribution in [1.82, 2.24) is 25.5 Å². The maximum Gasteiger partial charge on any atom is 0.434 e. The molecular weight excluding hydrogens is 425 g/mol. The number of pyridine rings is 1. The maximum atomic E-state index is 13.0. The van der Waals surface area contributed by atoms with Crippen molar-refractivity contribution in [3.63, 3.8) is 0 Å². The number of nitrogens with zero attached hydrogens (tertiary/aromatic N) is 4. The van der Waals surface area contributed by atoms with Gasteiger partial charge in [-0.05, 0) is 25.1 Å². The Morgan fingerprint density at radius 3 is 2.53 bits per heavy atom. The van der Waals surface area contributed by atoms with Gasteiger partial charge in [0.05, 0.1) is 5.69 Å². The van der Waals surface area contributed by atoms with E-state index in [4.69, 9.17) is 5.11 Å². The lowest BCUT2D eigenvalue weighted by Crippen LogP contribution is -2.28. The second-order valence-electron chi connectivity index (χ2n) is 5.74. The van der Waals surface area contributed by atoms with E-state index >= 15 is 0 Å². The Morgan fingerprint density at radius 1 is 1.20 bits per heavy atom. The molecule has 3 aromatic heterocycles. The van der Waals surface area contributed by atoms with E-state index in [0.717, 1.165) is 16.7 Å². The van der Waals surface area contributed by atoms with Crippen molar-refractivity contribution < 1.29 is 27.9 Å². The molecule has 3 heterocycles. The fourth-order valence-corrected chi connectivity index (χ4v) is 3.20. The topological polar surface area (TPSA) is 130 Å². The molecule has 0 aliphatic heterocycles. The van der Waals surface area contributed by atoms with Crippen LogP contribution in [0.1, 0.15) is 23.1 Å². The van der Waals surface area contributed by atoms with Gasteiger partial charge in [0.15, 0.2) is 11.4 Å². The molecule has 0 saturated heterocycles. The second-order valence-corrected chi connectivity index (χ2v) is 6.60.